The van der Waals surface area contributed by atoms with Gasteiger partial charge in [0.05, 0.1) is 0 Å². The molecule has 1 aromatic rings. The van der Waals surface area contributed by atoms with Crippen molar-refractivity contribution in [3.63, 3.8) is 0 Å². The zero-order chi connectivity index (χ0) is 15.2. The maximum absolute atomic E-state index is 12.4. The minimum atomic E-state index is -0.181. The van der Waals surface area contributed by atoms with Gasteiger partial charge in [-0.25, -0.2) is 5.53 Å². The molecule has 0 amide bonds. The molecular formula is C15H17ClN4O. The monoisotopic (exact) mass is 304 g/mol. The predicted octanol–water partition coefficient (Wildman–Crippen LogP) is 3.51. The second-order valence-corrected chi connectivity index (χ2v) is 6.57. The molecule has 0 spiro atoms. The van der Waals surface area contributed by atoms with Crippen molar-refractivity contribution in [2.75, 3.05) is 0 Å². The second-order valence-electron chi connectivity index (χ2n) is 6.17. The topological polar surface area (TPSA) is 91.7 Å². The van der Waals surface area contributed by atoms with E-state index >= 15 is 0 Å². The molecule has 0 radical (unpaired) electrons. The molecule has 2 saturated carbocycles. The van der Waals surface area contributed by atoms with Crippen LogP contribution in [0.1, 0.15) is 42.1 Å². The van der Waals surface area contributed by atoms with E-state index in [2.05, 4.69) is 17.1 Å². The van der Waals surface area contributed by atoms with Crippen LogP contribution < -0.4 is 5.84 Å². The molecular weight excluding hydrogens is 288 g/mol. The maximum Gasteiger partial charge on any atom is 0.173 e. The summed E-state index contributed by atoms with van der Waals surface area (Å²) in [7, 11) is 0. The standard InChI is InChI=1S/C15H17ClN4O/c1-15(4-5-15)11-3-2-8(6-12(11)16)13(21)9-7-10(9)14(19-17)20-18/h2-3,6,9-10,17H,4-5,7,18H2,1H3/t9-,10-/m0/s1. The van der Waals surface area contributed by atoms with Gasteiger partial charge in [-0.05, 0) is 36.3 Å². The van der Waals surface area contributed by atoms with Gasteiger partial charge in [0.15, 0.2) is 11.6 Å². The lowest BCUT2D eigenvalue weighted by atomic mass is 9.95. The molecule has 21 heavy (non-hydrogen) atoms. The quantitative estimate of drug-likeness (QED) is 0.222. The van der Waals surface area contributed by atoms with Gasteiger partial charge in [0.2, 0.25) is 0 Å². The molecule has 2 fully saturated rings. The molecule has 2 aliphatic rings. The minimum absolute atomic E-state index is 0.0270. The van der Waals surface area contributed by atoms with Crippen molar-refractivity contribution in [3.8, 4) is 0 Å². The van der Waals surface area contributed by atoms with Crippen LogP contribution in [0, 0.1) is 17.4 Å². The molecule has 1 aromatic carbocycles. The molecule has 0 aromatic heterocycles. The molecule has 5 nitrogen and oxygen atoms in total. The number of nitrogens with two attached hydrogens (primary N) is 1. The van der Waals surface area contributed by atoms with Crippen LogP contribution in [0.25, 0.3) is 0 Å². The lowest BCUT2D eigenvalue weighted by molar-refractivity contribution is 0.0964. The lowest BCUT2D eigenvalue weighted by Gasteiger charge is -2.12. The van der Waals surface area contributed by atoms with E-state index in [4.69, 9.17) is 23.0 Å². The van der Waals surface area contributed by atoms with Crippen molar-refractivity contribution >= 4 is 23.2 Å². The summed E-state index contributed by atoms with van der Waals surface area (Å²) in [5, 5.41) is 7.38. The van der Waals surface area contributed by atoms with Gasteiger partial charge in [-0.15, -0.1) is 5.11 Å². The summed E-state index contributed by atoms with van der Waals surface area (Å²) in [5.41, 5.74) is 8.91. The Morgan fingerprint density at radius 3 is 2.67 bits per heavy atom. The Morgan fingerprint density at radius 2 is 2.14 bits per heavy atom. The first-order valence-corrected chi connectivity index (χ1v) is 7.37. The first-order chi connectivity index (χ1) is 10.00. The molecule has 2 aliphatic carbocycles. The van der Waals surface area contributed by atoms with Crippen molar-refractivity contribution in [3.05, 3.63) is 34.3 Å². The number of benzene rings is 1. The zero-order valence-corrected chi connectivity index (χ0v) is 12.5. The molecule has 0 heterocycles. The fourth-order valence-electron chi connectivity index (χ4n) is 2.81. The Kier molecular flexibility index (Phi) is 3.32. The Balaban J connectivity index is 1.78. The summed E-state index contributed by atoms with van der Waals surface area (Å²) in [5.74, 6) is 5.12. The first kappa shape index (κ1) is 14.2. The van der Waals surface area contributed by atoms with Crippen LogP contribution in [0.2, 0.25) is 5.02 Å². The summed E-state index contributed by atoms with van der Waals surface area (Å²) in [6.45, 7) is 2.19. The molecule has 2 atom stereocenters. The molecule has 3 rings (SSSR count). The number of nitrogens with one attached hydrogen (secondary N) is 1. The van der Waals surface area contributed by atoms with E-state index in [1.54, 1.807) is 6.07 Å². The van der Waals surface area contributed by atoms with Crippen molar-refractivity contribution in [2.45, 2.75) is 31.6 Å². The average molecular weight is 305 g/mol. The molecule has 0 unspecified atom stereocenters. The SMILES string of the molecule is CC1(c2ccc(C(=O)[C@H]3C[C@@H]3C(N=N)=NN)cc2Cl)CC1. The number of ketones is 1. The molecule has 6 heteroatoms. The third-order valence-electron chi connectivity index (χ3n) is 4.61. The Bertz CT molecular complexity index is 651. The number of carbonyl (C=O) groups is 1. The summed E-state index contributed by atoms with van der Waals surface area (Å²) in [6.07, 6.45) is 2.94. The lowest BCUT2D eigenvalue weighted by Crippen LogP contribution is -2.10. The highest BCUT2D eigenvalue weighted by Gasteiger charge is 2.47. The predicted molar refractivity (Wildman–Crippen MR) is 80.7 cm³/mol. The molecule has 0 saturated heterocycles. The van der Waals surface area contributed by atoms with Gasteiger partial charge in [0.25, 0.3) is 0 Å². The zero-order valence-electron chi connectivity index (χ0n) is 11.8. The number of hydrogen-bond donors (Lipinski definition) is 2. The smallest absolute Gasteiger partial charge is 0.173 e. The summed E-state index contributed by atoms with van der Waals surface area (Å²) >= 11 is 6.33. The summed E-state index contributed by atoms with van der Waals surface area (Å²) in [6, 6.07) is 5.57. The Hall–Kier alpha value is -1.75. The number of hydrazone groups is 1. The highest BCUT2D eigenvalue weighted by atomic mass is 35.5. The van der Waals surface area contributed by atoms with Crippen molar-refractivity contribution < 1.29 is 4.79 Å². The van der Waals surface area contributed by atoms with E-state index in [0.29, 0.717) is 17.0 Å². The number of rotatable bonds is 4. The van der Waals surface area contributed by atoms with Gasteiger partial charge in [-0.1, -0.05) is 30.7 Å². The van der Waals surface area contributed by atoms with Gasteiger partial charge in [0, 0.05) is 22.4 Å². The highest BCUT2D eigenvalue weighted by Crippen LogP contribution is 2.50. The summed E-state index contributed by atoms with van der Waals surface area (Å²) < 4.78 is 0. The van der Waals surface area contributed by atoms with E-state index in [1.807, 2.05) is 12.1 Å². The molecule has 0 aliphatic heterocycles. The maximum atomic E-state index is 12.4. The molecule has 3 N–H and O–H groups in total. The van der Waals surface area contributed by atoms with Crippen LogP contribution in [0.3, 0.4) is 0 Å². The van der Waals surface area contributed by atoms with Crippen LogP contribution in [-0.4, -0.2) is 11.6 Å². The van der Waals surface area contributed by atoms with Crippen LogP contribution in [0.15, 0.2) is 28.4 Å². The highest BCUT2D eigenvalue weighted by molar-refractivity contribution is 6.32. The number of carbonyl (C=O) groups excluding carboxylic acids is 1. The van der Waals surface area contributed by atoms with E-state index in [9.17, 15) is 4.79 Å². The largest absolute Gasteiger partial charge is 0.321 e. The Morgan fingerprint density at radius 1 is 1.43 bits per heavy atom. The van der Waals surface area contributed by atoms with Gasteiger partial charge < -0.3 is 5.84 Å². The van der Waals surface area contributed by atoms with E-state index in [0.717, 1.165) is 18.4 Å². The number of hydrogen-bond acceptors (Lipinski definition) is 4. The average Bonchev–Trinajstić information content (AvgIpc) is 3.37. The van der Waals surface area contributed by atoms with E-state index in [1.165, 1.54) is 0 Å². The number of amidine groups is 1. The first-order valence-electron chi connectivity index (χ1n) is 6.99. The Labute approximate surface area is 128 Å². The minimum Gasteiger partial charge on any atom is -0.321 e. The fraction of sp³-hybridized carbons (Fsp3) is 0.467. The number of Topliss-reactive ketones (excluding diaryl/α,β-unsaturated/α-hetero) is 1. The van der Waals surface area contributed by atoms with Gasteiger partial charge in [-0.3, -0.25) is 4.79 Å². The van der Waals surface area contributed by atoms with E-state index in [-0.39, 0.29) is 28.9 Å². The molecule has 110 valence electrons. The normalized spacial score (nSPS) is 26.3. The van der Waals surface area contributed by atoms with Crippen LogP contribution in [-0.2, 0) is 5.41 Å². The number of nitrogens with zero attached hydrogens (tertiary/aromatic N) is 2. The third-order valence-corrected chi connectivity index (χ3v) is 4.92. The number of halogens is 1. The third kappa shape index (κ3) is 2.46. The van der Waals surface area contributed by atoms with Crippen LogP contribution in [0.5, 0.6) is 0 Å². The van der Waals surface area contributed by atoms with Crippen LogP contribution in [0.4, 0.5) is 0 Å². The van der Waals surface area contributed by atoms with E-state index < -0.39 is 0 Å². The summed E-state index contributed by atoms with van der Waals surface area (Å²) in [4.78, 5) is 12.4. The van der Waals surface area contributed by atoms with Crippen molar-refractivity contribution in [1.29, 1.82) is 5.53 Å². The van der Waals surface area contributed by atoms with Gasteiger partial charge in [-0.2, -0.15) is 5.10 Å². The van der Waals surface area contributed by atoms with Gasteiger partial charge >= 0.3 is 0 Å². The van der Waals surface area contributed by atoms with Crippen LogP contribution >= 0.6 is 11.6 Å². The van der Waals surface area contributed by atoms with Crippen molar-refractivity contribution in [2.24, 2.45) is 27.9 Å². The molecule has 0 bridgehead atoms. The fourth-order valence-corrected chi connectivity index (χ4v) is 3.22. The second kappa shape index (κ2) is 4.91. The van der Waals surface area contributed by atoms with Gasteiger partial charge in [0.1, 0.15) is 0 Å². The van der Waals surface area contributed by atoms with Crippen molar-refractivity contribution in [1.82, 2.24) is 0 Å².